The third-order valence-corrected chi connectivity index (χ3v) is 3.48. The molecule has 98 valence electrons. The van der Waals surface area contributed by atoms with Gasteiger partial charge in [0.15, 0.2) is 0 Å². The highest BCUT2D eigenvalue weighted by atomic mass is 16.5. The largest absolute Gasteiger partial charge is 0.496 e. The van der Waals surface area contributed by atoms with E-state index in [0.717, 1.165) is 21.5 Å². The Labute approximate surface area is 117 Å². The third-order valence-electron chi connectivity index (χ3n) is 3.48. The van der Waals surface area contributed by atoms with Gasteiger partial charge in [-0.1, -0.05) is 24.3 Å². The molecule has 0 N–H and O–H groups in total. The molecule has 0 fully saturated rings. The molecule has 0 amide bonds. The van der Waals surface area contributed by atoms with Crippen LogP contribution in [0, 0.1) is 11.3 Å². The lowest BCUT2D eigenvalue weighted by molar-refractivity contribution is 0.418. The van der Waals surface area contributed by atoms with Crippen LogP contribution in [0.2, 0.25) is 0 Å². The molecule has 0 atom stereocenters. The maximum Gasteiger partial charge on any atom is 0.128 e. The van der Waals surface area contributed by atoms with Gasteiger partial charge in [-0.3, -0.25) is 0 Å². The molecule has 0 aliphatic heterocycles. The summed E-state index contributed by atoms with van der Waals surface area (Å²) in [7, 11) is 3.23. The Morgan fingerprint density at radius 1 is 0.850 bits per heavy atom. The number of nitrogens with zero attached hydrogens (tertiary/aromatic N) is 1. The Kier molecular flexibility index (Phi) is 2.92. The highest BCUT2D eigenvalue weighted by Gasteiger charge is 2.14. The van der Waals surface area contributed by atoms with Gasteiger partial charge in [0, 0.05) is 10.8 Å². The first-order valence-electron chi connectivity index (χ1n) is 6.26. The van der Waals surface area contributed by atoms with E-state index in [1.165, 1.54) is 0 Å². The van der Waals surface area contributed by atoms with E-state index in [0.29, 0.717) is 17.1 Å². The summed E-state index contributed by atoms with van der Waals surface area (Å²) in [4.78, 5) is 0. The van der Waals surface area contributed by atoms with Crippen molar-refractivity contribution < 1.29 is 9.47 Å². The van der Waals surface area contributed by atoms with Crippen LogP contribution in [0.3, 0.4) is 0 Å². The quantitative estimate of drug-likeness (QED) is 0.659. The standard InChI is InChI=1S/C17H13NO2/c1-19-14-7-3-5-11-9-12-6-4-8-15(20-2)17(12)13(10-18)16(11)14/h3-9H,1-2H3. The van der Waals surface area contributed by atoms with Crippen molar-refractivity contribution in [2.75, 3.05) is 14.2 Å². The summed E-state index contributed by atoms with van der Waals surface area (Å²) in [5.74, 6) is 1.40. The fourth-order valence-corrected chi connectivity index (χ4v) is 2.62. The van der Waals surface area contributed by atoms with E-state index in [4.69, 9.17) is 9.47 Å². The van der Waals surface area contributed by atoms with Crippen molar-refractivity contribution in [3.8, 4) is 17.6 Å². The van der Waals surface area contributed by atoms with Crippen LogP contribution < -0.4 is 9.47 Å². The monoisotopic (exact) mass is 263 g/mol. The second-order valence-corrected chi connectivity index (χ2v) is 4.48. The molecule has 0 saturated carbocycles. The van der Waals surface area contributed by atoms with Gasteiger partial charge in [-0.05, 0) is 29.0 Å². The van der Waals surface area contributed by atoms with Crippen LogP contribution in [0.25, 0.3) is 21.5 Å². The van der Waals surface area contributed by atoms with Crippen LogP contribution >= 0.6 is 0 Å². The molecule has 0 aromatic heterocycles. The molecule has 3 rings (SSSR count). The van der Waals surface area contributed by atoms with E-state index in [2.05, 4.69) is 12.1 Å². The number of hydrogen-bond donors (Lipinski definition) is 0. The van der Waals surface area contributed by atoms with E-state index in [9.17, 15) is 5.26 Å². The topological polar surface area (TPSA) is 42.2 Å². The maximum atomic E-state index is 9.61. The number of rotatable bonds is 2. The molecule has 0 unspecified atom stereocenters. The van der Waals surface area contributed by atoms with E-state index in [1.54, 1.807) is 14.2 Å². The van der Waals surface area contributed by atoms with E-state index in [-0.39, 0.29) is 0 Å². The maximum absolute atomic E-state index is 9.61. The predicted molar refractivity (Wildman–Crippen MR) is 79.3 cm³/mol. The van der Waals surface area contributed by atoms with Crippen molar-refractivity contribution in [3.63, 3.8) is 0 Å². The minimum Gasteiger partial charge on any atom is -0.496 e. The molecule has 0 aliphatic carbocycles. The highest BCUT2D eigenvalue weighted by molar-refractivity contribution is 6.08. The van der Waals surface area contributed by atoms with Gasteiger partial charge in [-0.2, -0.15) is 5.26 Å². The lowest BCUT2D eigenvalue weighted by Gasteiger charge is -2.12. The zero-order valence-corrected chi connectivity index (χ0v) is 11.3. The van der Waals surface area contributed by atoms with Gasteiger partial charge >= 0.3 is 0 Å². The summed E-state index contributed by atoms with van der Waals surface area (Å²) >= 11 is 0. The van der Waals surface area contributed by atoms with Crippen LogP contribution in [0.4, 0.5) is 0 Å². The molecule has 0 bridgehead atoms. The smallest absolute Gasteiger partial charge is 0.128 e. The summed E-state index contributed by atoms with van der Waals surface area (Å²) in [6.45, 7) is 0. The molecule has 3 aromatic rings. The number of hydrogen-bond acceptors (Lipinski definition) is 3. The third kappa shape index (κ3) is 1.66. The van der Waals surface area contributed by atoms with E-state index >= 15 is 0 Å². The minimum atomic E-state index is 0.590. The van der Waals surface area contributed by atoms with Gasteiger partial charge in [-0.15, -0.1) is 0 Å². The second kappa shape index (κ2) is 4.75. The summed E-state index contributed by atoms with van der Waals surface area (Å²) in [6, 6.07) is 15.9. The van der Waals surface area contributed by atoms with Gasteiger partial charge in [0.05, 0.1) is 19.8 Å². The fourth-order valence-electron chi connectivity index (χ4n) is 2.62. The molecule has 3 aromatic carbocycles. The van der Waals surface area contributed by atoms with Crippen molar-refractivity contribution in [2.24, 2.45) is 0 Å². The molecule has 0 saturated heterocycles. The average Bonchev–Trinajstić information content (AvgIpc) is 2.51. The van der Waals surface area contributed by atoms with Crippen molar-refractivity contribution in [2.45, 2.75) is 0 Å². The number of benzene rings is 3. The minimum absolute atomic E-state index is 0.590. The summed E-state index contributed by atoms with van der Waals surface area (Å²) in [5, 5.41) is 13.2. The molecule has 0 heterocycles. The lowest BCUT2D eigenvalue weighted by Crippen LogP contribution is -1.92. The molecule has 3 nitrogen and oxygen atoms in total. The Morgan fingerprint density at radius 2 is 1.35 bits per heavy atom. The molecular formula is C17H13NO2. The molecule has 20 heavy (non-hydrogen) atoms. The van der Waals surface area contributed by atoms with Gasteiger partial charge in [0.1, 0.15) is 17.6 Å². The van der Waals surface area contributed by atoms with Gasteiger partial charge in [0.2, 0.25) is 0 Å². The Morgan fingerprint density at radius 3 is 1.75 bits per heavy atom. The van der Waals surface area contributed by atoms with Gasteiger partial charge in [-0.25, -0.2) is 0 Å². The van der Waals surface area contributed by atoms with Crippen LogP contribution in [0.5, 0.6) is 11.5 Å². The zero-order chi connectivity index (χ0) is 14.1. The summed E-state index contributed by atoms with van der Waals surface area (Å²) < 4.78 is 10.8. The molecule has 0 radical (unpaired) electrons. The summed E-state index contributed by atoms with van der Waals surface area (Å²) in [6.07, 6.45) is 0. The van der Waals surface area contributed by atoms with E-state index < -0.39 is 0 Å². The Balaban J connectivity index is 2.61. The van der Waals surface area contributed by atoms with Crippen LogP contribution in [0.15, 0.2) is 42.5 Å². The van der Waals surface area contributed by atoms with E-state index in [1.807, 2.05) is 36.4 Å². The molecule has 0 spiro atoms. The van der Waals surface area contributed by atoms with Crippen LogP contribution in [0.1, 0.15) is 5.56 Å². The van der Waals surface area contributed by atoms with Crippen LogP contribution in [-0.2, 0) is 0 Å². The Hall–Kier alpha value is -2.73. The summed E-state index contributed by atoms with van der Waals surface area (Å²) in [5.41, 5.74) is 0.590. The first kappa shape index (κ1) is 12.3. The normalized spacial score (nSPS) is 10.4. The SMILES string of the molecule is COc1cccc2cc3cccc(OC)c3c(C#N)c12. The van der Waals surface area contributed by atoms with Crippen molar-refractivity contribution >= 4 is 21.5 Å². The molecule has 3 heteroatoms. The first-order valence-corrected chi connectivity index (χ1v) is 6.26. The predicted octanol–water partition coefficient (Wildman–Crippen LogP) is 3.88. The highest BCUT2D eigenvalue weighted by Crippen LogP contribution is 2.37. The fraction of sp³-hybridized carbons (Fsp3) is 0.118. The second-order valence-electron chi connectivity index (χ2n) is 4.48. The number of fused-ring (bicyclic) bond motifs is 2. The van der Waals surface area contributed by atoms with Crippen LogP contribution in [-0.4, -0.2) is 14.2 Å². The van der Waals surface area contributed by atoms with Crippen molar-refractivity contribution in [1.29, 1.82) is 5.26 Å². The molecule has 0 aliphatic rings. The number of ether oxygens (including phenoxy) is 2. The number of nitriles is 1. The Bertz CT molecular complexity index is 785. The van der Waals surface area contributed by atoms with Crippen molar-refractivity contribution in [1.82, 2.24) is 0 Å². The first-order chi connectivity index (χ1) is 9.80. The average molecular weight is 263 g/mol. The van der Waals surface area contributed by atoms with Gasteiger partial charge in [0.25, 0.3) is 0 Å². The van der Waals surface area contributed by atoms with Crippen molar-refractivity contribution in [3.05, 3.63) is 48.0 Å². The lowest BCUT2D eigenvalue weighted by atomic mass is 9.96. The zero-order valence-electron chi connectivity index (χ0n) is 11.3. The molecular weight excluding hydrogens is 250 g/mol. The van der Waals surface area contributed by atoms with Gasteiger partial charge < -0.3 is 9.47 Å². The number of methoxy groups -OCH3 is 2.